The van der Waals surface area contributed by atoms with Crippen molar-refractivity contribution in [2.45, 2.75) is 0 Å². The van der Waals surface area contributed by atoms with Gasteiger partial charge in [-0.15, -0.1) is 0 Å². The summed E-state index contributed by atoms with van der Waals surface area (Å²) in [5, 5.41) is 1.76. The average molecular weight is 310 g/mol. The second-order valence-electron chi connectivity index (χ2n) is 5.30. The number of halogens is 1. The molecule has 4 rings (SSSR count). The maximum Gasteiger partial charge on any atom is 0.266 e. The van der Waals surface area contributed by atoms with Crippen LogP contribution in [0, 0.1) is 0 Å². The van der Waals surface area contributed by atoms with Crippen molar-refractivity contribution in [1.82, 2.24) is 14.5 Å². The molecule has 0 aliphatic rings. The number of rotatable bonds is 1. The van der Waals surface area contributed by atoms with Gasteiger partial charge < -0.3 is 9.55 Å². The lowest BCUT2D eigenvalue weighted by Gasteiger charge is -2.08. The number of H-pyrrole nitrogens is 1. The number of hydrogen-bond donors (Lipinski definition) is 1. The van der Waals surface area contributed by atoms with E-state index in [0.717, 1.165) is 16.6 Å². The third-order valence-electron chi connectivity index (χ3n) is 3.85. The summed E-state index contributed by atoms with van der Waals surface area (Å²) in [5.74, 6) is 0. The summed E-state index contributed by atoms with van der Waals surface area (Å²) in [4.78, 5) is 18.6. The van der Waals surface area contributed by atoms with Gasteiger partial charge in [0.2, 0.25) is 0 Å². The molecule has 0 unspecified atom stereocenters. The van der Waals surface area contributed by atoms with Crippen LogP contribution in [0.15, 0.2) is 53.6 Å². The van der Waals surface area contributed by atoms with Crippen molar-refractivity contribution in [2.24, 2.45) is 7.05 Å². The van der Waals surface area contributed by atoms with Crippen molar-refractivity contribution in [3.63, 3.8) is 0 Å². The molecule has 0 saturated heterocycles. The summed E-state index contributed by atoms with van der Waals surface area (Å²) in [6, 6.07) is 11.8. The molecule has 0 spiro atoms. The zero-order chi connectivity index (χ0) is 15.3. The SMILES string of the molecule is Cn1ccc2ccc(-c3cc(Cl)cc4ncc(=O)[nH]c34)cc21. The fraction of sp³-hybridized carbons (Fsp3) is 0.0588. The minimum atomic E-state index is -0.226. The Morgan fingerprint density at radius 1 is 1.18 bits per heavy atom. The predicted octanol–water partition coefficient (Wildman–Crippen LogP) is 3.74. The number of benzene rings is 2. The Labute approximate surface area is 131 Å². The second-order valence-corrected chi connectivity index (χ2v) is 5.73. The van der Waals surface area contributed by atoms with Crippen molar-refractivity contribution in [2.75, 3.05) is 0 Å². The normalized spacial score (nSPS) is 11.4. The third-order valence-corrected chi connectivity index (χ3v) is 4.07. The van der Waals surface area contributed by atoms with Gasteiger partial charge in [0.25, 0.3) is 5.56 Å². The van der Waals surface area contributed by atoms with E-state index in [1.165, 1.54) is 11.6 Å². The molecule has 0 aliphatic heterocycles. The van der Waals surface area contributed by atoms with Gasteiger partial charge in [0, 0.05) is 29.3 Å². The van der Waals surface area contributed by atoms with Gasteiger partial charge in [-0.3, -0.25) is 4.79 Å². The first-order valence-electron chi connectivity index (χ1n) is 6.86. The largest absolute Gasteiger partial charge is 0.351 e. The molecule has 5 heteroatoms. The second kappa shape index (κ2) is 4.71. The Bertz CT molecular complexity index is 1080. The van der Waals surface area contributed by atoms with Crippen LogP contribution >= 0.6 is 11.6 Å². The first-order chi connectivity index (χ1) is 10.6. The van der Waals surface area contributed by atoms with E-state index in [9.17, 15) is 4.79 Å². The average Bonchev–Trinajstić information content (AvgIpc) is 2.88. The van der Waals surface area contributed by atoms with Gasteiger partial charge in [0.15, 0.2) is 0 Å². The molecule has 0 saturated carbocycles. The first-order valence-corrected chi connectivity index (χ1v) is 7.24. The topological polar surface area (TPSA) is 50.7 Å². The molecular weight excluding hydrogens is 298 g/mol. The Hall–Kier alpha value is -2.59. The quantitative estimate of drug-likeness (QED) is 0.582. The molecule has 2 heterocycles. The molecular formula is C17H12ClN3O. The Morgan fingerprint density at radius 3 is 2.91 bits per heavy atom. The summed E-state index contributed by atoms with van der Waals surface area (Å²) in [6.45, 7) is 0. The lowest BCUT2D eigenvalue weighted by Crippen LogP contribution is -2.05. The standard InChI is InChI=1S/C17H12ClN3O/c1-21-5-4-10-2-3-11(6-15(10)21)13-7-12(18)8-14-17(13)20-16(22)9-19-14/h2-9H,1H3,(H,20,22). The van der Waals surface area contributed by atoms with Crippen molar-refractivity contribution in [3.8, 4) is 11.1 Å². The minimum absolute atomic E-state index is 0.226. The first kappa shape index (κ1) is 13.1. The third kappa shape index (κ3) is 2.00. The predicted molar refractivity (Wildman–Crippen MR) is 89.3 cm³/mol. The van der Waals surface area contributed by atoms with Gasteiger partial charge in [0.1, 0.15) is 0 Å². The molecule has 22 heavy (non-hydrogen) atoms. The van der Waals surface area contributed by atoms with Gasteiger partial charge in [0.05, 0.1) is 17.2 Å². The van der Waals surface area contributed by atoms with E-state index >= 15 is 0 Å². The van der Waals surface area contributed by atoms with E-state index in [4.69, 9.17) is 11.6 Å². The molecule has 0 radical (unpaired) electrons. The summed E-state index contributed by atoms with van der Waals surface area (Å²) in [5.41, 5.74) is 4.13. The van der Waals surface area contributed by atoms with E-state index in [0.29, 0.717) is 16.1 Å². The molecule has 4 nitrogen and oxygen atoms in total. The van der Waals surface area contributed by atoms with Crippen LogP contribution in [0.25, 0.3) is 33.1 Å². The Balaban J connectivity index is 2.08. The van der Waals surface area contributed by atoms with E-state index < -0.39 is 0 Å². The Morgan fingerprint density at radius 2 is 2.05 bits per heavy atom. The summed E-state index contributed by atoms with van der Waals surface area (Å²) < 4.78 is 2.06. The van der Waals surface area contributed by atoms with Crippen LogP contribution in [0.2, 0.25) is 5.02 Å². The van der Waals surface area contributed by atoms with Crippen LogP contribution in [0.4, 0.5) is 0 Å². The highest BCUT2D eigenvalue weighted by Crippen LogP contribution is 2.31. The van der Waals surface area contributed by atoms with Crippen LogP contribution in [0.3, 0.4) is 0 Å². The van der Waals surface area contributed by atoms with Crippen LogP contribution in [-0.4, -0.2) is 14.5 Å². The maximum atomic E-state index is 11.6. The van der Waals surface area contributed by atoms with Crippen molar-refractivity contribution in [3.05, 3.63) is 64.2 Å². The molecule has 2 aromatic heterocycles. The number of fused-ring (bicyclic) bond motifs is 2. The van der Waals surface area contributed by atoms with Crippen LogP contribution in [0.5, 0.6) is 0 Å². The maximum absolute atomic E-state index is 11.6. The van der Waals surface area contributed by atoms with E-state index in [1.807, 2.05) is 25.4 Å². The van der Waals surface area contributed by atoms with Gasteiger partial charge in [-0.1, -0.05) is 23.7 Å². The molecule has 0 fully saturated rings. The van der Waals surface area contributed by atoms with Crippen molar-refractivity contribution in [1.29, 1.82) is 0 Å². The Kier molecular flexibility index (Phi) is 2.81. The monoisotopic (exact) mass is 309 g/mol. The van der Waals surface area contributed by atoms with Gasteiger partial charge in [-0.2, -0.15) is 0 Å². The molecule has 4 aromatic rings. The summed E-state index contributed by atoms with van der Waals surface area (Å²) in [7, 11) is 2.01. The van der Waals surface area contributed by atoms with Crippen LogP contribution < -0.4 is 5.56 Å². The van der Waals surface area contributed by atoms with Gasteiger partial charge >= 0.3 is 0 Å². The van der Waals surface area contributed by atoms with Crippen LogP contribution in [0.1, 0.15) is 0 Å². The van der Waals surface area contributed by atoms with Crippen LogP contribution in [-0.2, 0) is 7.05 Å². The zero-order valence-corrected chi connectivity index (χ0v) is 12.6. The molecule has 0 atom stereocenters. The highest BCUT2D eigenvalue weighted by atomic mass is 35.5. The lowest BCUT2D eigenvalue weighted by molar-refractivity contribution is 0.969. The van der Waals surface area contributed by atoms with Gasteiger partial charge in [-0.25, -0.2) is 4.98 Å². The molecule has 0 amide bonds. The number of hydrogen-bond acceptors (Lipinski definition) is 2. The highest BCUT2D eigenvalue weighted by Gasteiger charge is 2.09. The lowest BCUT2D eigenvalue weighted by atomic mass is 10.0. The number of nitrogens with zero attached hydrogens (tertiary/aromatic N) is 2. The number of nitrogens with one attached hydrogen (secondary N) is 1. The van der Waals surface area contributed by atoms with Crippen molar-refractivity contribution >= 4 is 33.5 Å². The zero-order valence-electron chi connectivity index (χ0n) is 11.8. The fourth-order valence-electron chi connectivity index (χ4n) is 2.77. The number of aryl methyl sites for hydroxylation is 1. The van der Waals surface area contributed by atoms with Crippen molar-refractivity contribution < 1.29 is 0 Å². The smallest absolute Gasteiger partial charge is 0.266 e. The van der Waals surface area contributed by atoms with E-state index in [-0.39, 0.29) is 5.56 Å². The van der Waals surface area contributed by atoms with E-state index in [1.54, 1.807) is 6.07 Å². The molecule has 0 bridgehead atoms. The number of aromatic amines is 1. The molecule has 2 aromatic carbocycles. The summed E-state index contributed by atoms with van der Waals surface area (Å²) >= 11 is 6.20. The highest BCUT2D eigenvalue weighted by molar-refractivity contribution is 6.31. The van der Waals surface area contributed by atoms with Gasteiger partial charge in [-0.05, 0) is 35.2 Å². The summed E-state index contributed by atoms with van der Waals surface area (Å²) in [6.07, 6.45) is 3.29. The minimum Gasteiger partial charge on any atom is -0.351 e. The fourth-order valence-corrected chi connectivity index (χ4v) is 2.98. The van der Waals surface area contributed by atoms with E-state index in [2.05, 4.69) is 32.7 Å². The number of aromatic nitrogens is 3. The molecule has 0 aliphatic carbocycles. The molecule has 108 valence electrons. The molecule has 1 N–H and O–H groups in total.